The van der Waals surface area contributed by atoms with Gasteiger partial charge in [0.1, 0.15) is 0 Å². The fourth-order valence-corrected chi connectivity index (χ4v) is 1.37. The first-order valence-corrected chi connectivity index (χ1v) is 4.68. The summed E-state index contributed by atoms with van der Waals surface area (Å²) in [4.78, 5) is 7.88. The van der Waals surface area contributed by atoms with E-state index in [0.29, 0.717) is 17.3 Å². The Kier molecular flexibility index (Phi) is 4.39. The lowest BCUT2D eigenvalue weighted by Gasteiger charge is -1.94. The molecule has 0 aliphatic rings. The van der Waals surface area contributed by atoms with Crippen LogP contribution in [-0.4, -0.2) is 15.7 Å². The van der Waals surface area contributed by atoms with E-state index in [-0.39, 0.29) is 0 Å². The van der Waals surface area contributed by atoms with Crippen molar-refractivity contribution in [3.05, 3.63) is 30.6 Å². The van der Waals surface area contributed by atoms with Crippen molar-refractivity contribution in [3.8, 4) is 0 Å². The summed E-state index contributed by atoms with van der Waals surface area (Å²) < 4.78 is 23.2. The molecule has 0 radical (unpaired) electrons. The van der Waals surface area contributed by atoms with Gasteiger partial charge in [-0.25, -0.2) is 9.97 Å². The first-order chi connectivity index (χ1) is 6.29. The van der Waals surface area contributed by atoms with Crippen LogP contribution in [0.3, 0.4) is 0 Å². The van der Waals surface area contributed by atoms with Gasteiger partial charge in [-0.1, -0.05) is 11.8 Å². The number of nitrogens with zero attached hydrogens (tertiary/aromatic N) is 2. The lowest BCUT2D eigenvalue weighted by molar-refractivity contribution is 0.418. The summed E-state index contributed by atoms with van der Waals surface area (Å²) >= 11 is 1.36. The van der Waals surface area contributed by atoms with Gasteiger partial charge in [0.15, 0.2) is 5.16 Å². The van der Waals surface area contributed by atoms with E-state index in [2.05, 4.69) is 9.97 Å². The summed E-state index contributed by atoms with van der Waals surface area (Å²) in [5, 5.41) is 0.621. The molecule has 0 aliphatic carbocycles. The van der Waals surface area contributed by atoms with Crippen LogP contribution in [0, 0.1) is 0 Å². The Bertz CT molecular complexity index is 273. The lowest BCUT2D eigenvalue weighted by atomic mass is 10.5. The van der Waals surface area contributed by atoms with Crippen LogP contribution in [0.4, 0.5) is 8.78 Å². The van der Waals surface area contributed by atoms with Gasteiger partial charge in [-0.3, -0.25) is 0 Å². The molecule has 0 unspecified atom stereocenters. The zero-order valence-electron chi connectivity index (χ0n) is 6.78. The van der Waals surface area contributed by atoms with Gasteiger partial charge < -0.3 is 0 Å². The predicted molar refractivity (Wildman–Crippen MR) is 47.7 cm³/mol. The highest BCUT2D eigenvalue weighted by Gasteiger charge is 1.94. The van der Waals surface area contributed by atoms with Gasteiger partial charge in [0.25, 0.3) is 6.08 Å². The molecule has 0 aromatic carbocycles. The Morgan fingerprint density at radius 1 is 1.38 bits per heavy atom. The summed E-state index contributed by atoms with van der Waals surface area (Å²) in [6.07, 6.45) is 2.86. The maximum atomic E-state index is 11.6. The fourth-order valence-electron chi connectivity index (χ4n) is 0.678. The number of thioether (sulfide) groups is 1. The molecule has 1 heterocycles. The van der Waals surface area contributed by atoms with Crippen LogP contribution in [0.2, 0.25) is 0 Å². The Labute approximate surface area is 79.1 Å². The summed E-state index contributed by atoms with van der Waals surface area (Å²) in [5.41, 5.74) is 0. The first-order valence-electron chi connectivity index (χ1n) is 3.70. The smallest absolute Gasteiger partial charge is 0.231 e. The lowest BCUT2D eigenvalue weighted by Crippen LogP contribution is -1.84. The molecule has 13 heavy (non-hydrogen) atoms. The van der Waals surface area contributed by atoms with Crippen molar-refractivity contribution in [2.45, 2.75) is 11.6 Å². The van der Waals surface area contributed by atoms with E-state index in [4.69, 9.17) is 0 Å². The van der Waals surface area contributed by atoms with Crippen molar-refractivity contribution < 1.29 is 8.78 Å². The summed E-state index contributed by atoms with van der Waals surface area (Å²) in [6.45, 7) is 0. The van der Waals surface area contributed by atoms with Gasteiger partial charge in [-0.2, -0.15) is 8.78 Å². The average Bonchev–Trinajstić information content (AvgIpc) is 2.14. The van der Waals surface area contributed by atoms with Crippen LogP contribution in [0.1, 0.15) is 6.42 Å². The van der Waals surface area contributed by atoms with Gasteiger partial charge >= 0.3 is 0 Å². The second-order valence-corrected chi connectivity index (χ2v) is 3.22. The monoisotopic (exact) mass is 202 g/mol. The van der Waals surface area contributed by atoms with E-state index in [1.54, 1.807) is 18.5 Å². The predicted octanol–water partition coefficient (Wildman–Crippen LogP) is 2.74. The summed E-state index contributed by atoms with van der Waals surface area (Å²) in [6, 6.07) is 1.71. The molecule has 0 aliphatic heterocycles. The Morgan fingerprint density at radius 2 is 2.08 bits per heavy atom. The topological polar surface area (TPSA) is 25.8 Å². The third-order valence-electron chi connectivity index (χ3n) is 1.19. The molecule has 0 saturated heterocycles. The van der Waals surface area contributed by atoms with E-state index >= 15 is 0 Å². The maximum Gasteiger partial charge on any atom is 0.266 e. The third-order valence-corrected chi connectivity index (χ3v) is 2.10. The van der Waals surface area contributed by atoms with E-state index in [9.17, 15) is 8.78 Å². The molecular formula is C8H8F2N2S. The molecule has 1 aromatic rings. The molecule has 2 nitrogen and oxygen atoms in total. The Hall–Kier alpha value is -0.970. The van der Waals surface area contributed by atoms with Gasteiger partial charge in [-0.15, -0.1) is 0 Å². The Balaban J connectivity index is 2.25. The minimum atomic E-state index is -1.63. The third kappa shape index (κ3) is 4.57. The van der Waals surface area contributed by atoms with Gasteiger partial charge in [0.2, 0.25) is 0 Å². The van der Waals surface area contributed by atoms with Crippen molar-refractivity contribution in [3.63, 3.8) is 0 Å². The Morgan fingerprint density at radius 3 is 2.69 bits per heavy atom. The number of halogens is 2. The van der Waals surface area contributed by atoms with Crippen molar-refractivity contribution in [1.82, 2.24) is 9.97 Å². The number of aromatic nitrogens is 2. The highest BCUT2D eigenvalue weighted by Crippen LogP contribution is 2.13. The fraction of sp³-hybridized carbons (Fsp3) is 0.250. The van der Waals surface area contributed by atoms with Crippen LogP contribution in [0.15, 0.2) is 35.8 Å². The van der Waals surface area contributed by atoms with Gasteiger partial charge in [0.05, 0.1) is 0 Å². The molecule has 0 saturated carbocycles. The van der Waals surface area contributed by atoms with E-state index in [1.165, 1.54) is 11.8 Å². The minimum absolute atomic E-state index is 0.339. The maximum absolute atomic E-state index is 11.6. The number of allylic oxidation sites excluding steroid dienone is 1. The molecule has 0 N–H and O–H groups in total. The first kappa shape index (κ1) is 10.1. The van der Waals surface area contributed by atoms with E-state index < -0.39 is 6.08 Å². The largest absolute Gasteiger partial charge is 0.266 e. The molecule has 0 atom stereocenters. The number of hydrogen-bond acceptors (Lipinski definition) is 3. The van der Waals surface area contributed by atoms with E-state index in [1.807, 2.05) is 0 Å². The van der Waals surface area contributed by atoms with E-state index in [0.717, 1.165) is 6.08 Å². The molecule has 5 heteroatoms. The SMILES string of the molecule is FC(F)=CCCSc1ncccn1. The van der Waals surface area contributed by atoms with Crippen molar-refractivity contribution in [2.75, 3.05) is 5.75 Å². The molecule has 0 bridgehead atoms. The molecular weight excluding hydrogens is 194 g/mol. The van der Waals surface area contributed by atoms with Crippen LogP contribution < -0.4 is 0 Å². The molecule has 0 spiro atoms. The number of hydrogen-bond donors (Lipinski definition) is 0. The van der Waals surface area contributed by atoms with Crippen LogP contribution in [0.25, 0.3) is 0 Å². The van der Waals surface area contributed by atoms with Crippen molar-refractivity contribution >= 4 is 11.8 Å². The van der Waals surface area contributed by atoms with Crippen molar-refractivity contribution in [1.29, 1.82) is 0 Å². The second-order valence-electron chi connectivity index (χ2n) is 2.16. The second kappa shape index (κ2) is 5.64. The van der Waals surface area contributed by atoms with Crippen LogP contribution >= 0.6 is 11.8 Å². The number of rotatable bonds is 4. The molecule has 70 valence electrons. The highest BCUT2D eigenvalue weighted by molar-refractivity contribution is 7.99. The van der Waals surface area contributed by atoms with Crippen LogP contribution in [-0.2, 0) is 0 Å². The molecule has 1 aromatic heterocycles. The molecule has 1 rings (SSSR count). The normalized spacial score (nSPS) is 9.69. The van der Waals surface area contributed by atoms with Crippen molar-refractivity contribution in [2.24, 2.45) is 0 Å². The standard InChI is InChI=1S/C8H8F2N2S/c9-7(10)3-1-6-13-8-11-4-2-5-12-8/h2-5H,1,6H2. The van der Waals surface area contributed by atoms with Gasteiger partial charge in [-0.05, 0) is 18.6 Å². The zero-order chi connectivity index (χ0) is 9.52. The zero-order valence-corrected chi connectivity index (χ0v) is 7.60. The minimum Gasteiger partial charge on any atom is -0.231 e. The van der Waals surface area contributed by atoms with Crippen LogP contribution in [0.5, 0.6) is 0 Å². The average molecular weight is 202 g/mol. The molecule has 0 amide bonds. The summed E-state index contributed by atoms with van der Waals surface area (Å²) in [7, 11) is 0. The highest BCUT2D eigenvalue weighted by atomic mass is 32.2. The van der Waals surface area contributed by atoms with Gasteiger partial charge in [0, 0.05) is 18.1 Å². The summed E-state index contributed by atoms with van der Waals surface area (Å²) in [5.74, 6) is 0.571. The molecule has 0 fully saturated rings. The quantitative estimate of drug-likeness (QED) is 0.426.